The average molecular weight is 501 g/mol. The number of carbonyl (C=O) groups excluding carboxylic acids is 2. The van der Waals surface area contributed by atoms with Gasteiger partial charge in [0.15, 0.2) is 0 Å². The Kier molecular flexibility index (Phi) is 5.63. The van der Waals surface area contributed by atoms with Gasteiger partial charge < -0.3 is 15.0 Å². The molecule has 1 N–H and O–H groups in total. The molecule has 1 saturated heterocycles. The molecule has 9 heteroatoms. The molecule has 0 aliphatic carbocycles. The summed E-state index contributed by atoms with van der Waals surface area (Å²) in [4.78, 5) is 36.3. The van der Waals surface area contributed by atoms with Crippen molar-refractivity contribution in [3.05, 3.63) is 76.7 Å². The van der Waals surface area contributed by atoms with Crippen molar-refractivity contribution < 1.29 is 14.3 Å². The van der Waals surface area contributed by atoms with E-state index in [-0.39, 0.29) is 18.2 Å². The van der Waals surface area contributed by atoms with Gasteiger partial charge in [-0.25, -0.2) is 4.98 Å². The zero-order chi connectivity index (χ0) is 23.8. The predicted octanol–water partition coefficient (Wildman–Crippen LogP) is 5.73. The molecule has 0 unspecified atom stereocenters. The second kappa shape index (κ2) is 9.09. The Hall–Kier alpha value is -3.82. The van der Waals surface area contributed by atoms with Gasteiger partial charge in [-0.05, 0) is 48.4 Å². The number of fused-ring (bicyclic) bond motifs is 2. The van der Waals surface area contributed by atoms with Crippen molar-refractivity contribution in [3.63, 3.8) is 0 Å². The number of ether oxygens (including phenoxy) is 1. The van der Waals surface area contributed by atoms with E-state index in [1.165, 1.54) is 11.3 Å². The van der Waals surface area contributed by atoms with Gasteiger partial charge in [0.1, 0.15) is 11.5 Å². The van der Waals surface area contributed by atoms with Gasteiger partial charge in [-0.15, -0.1) is 22.7 Å². The lowest BCUT2D eigenvalue weighted by atomic mass is 10.1. The minimum Gasteiger partial charge on any atom is -0.456 e. The Morgan fingerprint density at radius 2 is 1.86 bits per heavy atom. The van der Waals surface area contributed by atoms with Crippen LogP contribution in [-0.4, -0.2) is 39.8 Å². The van der Waals surface area contributed by atoms with E-state index in [2.05, 4.69) is 15.3 Å². The maximum atomic E-state index is 12.6. The molecule has 2 aromatic carbocycles. The molecule has 7 nitrogen and oxygen atoms in total. The number of thiophene rings is 1. The summed E-state index contributed by atoms with van der Waals surface area (Å²) in [6.07, 6.45) is 3.00. The van der Waals surface area contributed by atoms with Gasteiger partial charge >= 0.3 is 0 Å². The Bertz CT molecular complexity index is 1550. The highest BCUT2D eigenvalue weighted by atomic mass is 32.1. The van der Waals surface area contributed by atoms with E-state index < -0.39 is 0 Å². The smallest absolute Gasteiger partial charge is 0.264 e. The van der Waals surface area contributed by atoms with Crippen LogP contribution in [0.4, 0.5) is 5.69 Å². The number of thiazole rings is 1. The molecule has 1 aliphatic rings. The number of rotatable bonds is 6. The van der Waals surface area contributed by atoms with E-state index in [1.54, 1.807) is 29.1 Å². The molecule has 174 valence electrons. The summed E-state index contributed by atoms with van der Waals surface area (Å²) < 4.78 is 8.00. The zero-order valence-corrected chi connectivity index (χ0v) is 20.2. The largest absolute Gasteiger partial charge is 0.456 e. The quantitative estimate of drug-likeness (QED) is 0.322. The minimum absolute atomic E-state index is 0.0554. The molecule has 1 aliphatic heterocycles. The lowest BCUT2D eigenvalue weighted by Crippen LogP contribution is -2.41. The fourth-order valence-corrected chi connectivity index (χ4v) is 5.65. The molecule has 1 fully saturated rings. The number of anilines is 1. The summed E-state index contributed by atoms with van der Waals surface area (Å²) in [5.74, 6) is 1.28. The fourth-order valence-electron chi connectivity index (χ4n) is 3.90. The van der Waals surface area contributed by atoms with Crippen LogP contribution in [0.25, 0.3) is 20.4 Å². The highest BCUT2D eigenvalue weighted by Crippen LogP contribution is 2.35. The van der Waals surface area contributed by atoms with Crippen LogP contribution in [0.2, 0.25) is 0 Å². The lowest BCUT2D eigenvalue weighted by molar-refractivity contribution is -0.115. The standard InChI is InChI=1S/C26H20N4O3S2/c31-24(29-17-4-7-19-22(13-17)34-15-28-19)12-16-2-5-18(6-3-16)33-21-8-9-27-20-14-23(35-25(20)21)26(32)30-10-1-11-30/h2-9,13-15H,1,10-12H2,(H,29,31). The van der Waals surface area contributed by atoms with Crippen LogP contribution < -0.4 is 10.1 Å². The second-order valence-corrected chi connectivity index (χ2v) is 10.2. The first kappa shape index (κ1) is 21.7. The first-order valence-electron chi connectivity index (χ1n) is 11.2. The molecule has 2 amide bonds. The van der Waals surface area contributed by atoms with Crippen molar-refractivity contribution in [2.75, 3.05) is 18.4 Å². The number of hydrogen-bond donors (Lipinski definition) is 1. The summed E-state index contributed by atoms with van der Waals surface area (Å²) in [7, 11) is 0. The summed E-state index contributed by atoms with van der Waals surface area (Å²) in [5.41, 5.74) is 5.11. The summed E-state index contributed by atoms with van der Waals surface area (Å²) >= 11 is 2.95. The van der Waals surface area contributed by atoms with Gasteiger partial charge in [0, 0.05) is 31.0 Å². The fraction of sp³-hybridized carbons (Fsp3) is 0.154. The number of likely N-dealkylation sites (tertiary alicyclic amines) is 1. The number of nitrogens with one attached hydrogen (secondary N) is 1. The molecular weight excluding hydrogens is 480 g/mol. The number of amides is 2. The second-order valence-electron chi connectivity index (χ2n) is 8.29. The van der Waals surface area contributed by atoms with Crippen LogP contribution >= 0.6 is 22.7 Å². The highest BCUT2D eigenvalue weighted by molar-refractivity contribution is 7.21. The molecule has 4 heterocycles. The molecule has 0 spiro atoms. The van der Waals surface area contributed by atoms with E-state index in [1.807, 2.05) is 53.4 Å². The van der Waals surface area contributed by atoms with E-state index in [4.69, 9.17) is 4.74 Å². The van der Waals surface area contributed by atoms with Crippen molar-refractivity contribution in [1.29, 1.82) is 0 Å². The third-order valence-corrected chi connectivity index (χ3v) is 7.78. The van der Waals surface area contributed by atoms with Crippen molar-refractivity contribution in [2.24, 2.45) is 0 Å². The van der Waals surface area contributed by atoms with Crippen LogP contribution in [0, 0.1) is 0 Å². The third-order valence-electron chi connectivity index (χ3n) is 5.86. The van der Waals surface area contributed by atoms with E-state index >= 15 is 0 Å². The van der Waals surface area contributed by atoms with Crippen molar-refractivity contribution in [1.82, 2.24) is 14.9 Å². The molecule has 0 saturated carbocycles. The molecule has 3 aromatic heterocycles. The van der Waals surface area contributed by atoms with Crippen LogP contribution in [0.5, 0.6) is 11.5 Å². The molecular formula is C26H20N4O3S2. The van der Waals surface area contributed by atoms with Gasteiger partial charge in [-0.3, -0.25) is 14.6 Å². The van der Waals surface area contributed by atoms with Gasteiger partial charge in [0.2, 0.25) is 5.91 Å². The maximum Gasteiger partial charge on any atom is 0.264 e. The Labute approximate surface area is 209 Å². The molecule has 0 atom stereocenters. The molecule has 6 rings (SSSR count). The topological polar surface area (TPSA) is 84.4 Å². The van der Waals surface area contributed by atoms with Crippen molar-refractivity contribution in [2.45, 2.75) is 12.8 Å². The van der Waals surface area contributed by atoms with E-state index in [0.717, 1.165) is 51.2 Å². The van der Waals surface area contributed by atoms with Gasteiger partial charge in [0.05, 0.1) is 37.2 Å². The minimum atomic E-state index is -0.0867. The summed E-state index contributed by atoms with van der Waals surface area (Å²) in [6, 6.07) is 16.8. The van der Waals surface area contributed by atoms with E-state index in [0.29, 0.717) is 16.4 Å². The molecule has 35 heavy (non-hydrogen) atoms. The normalized spacial score (nSPS) is 13.1. The summed E-state index contributed by atoms with van der Waals surface area (Å²) in [5, 5.41) is 2.95. The van der Waals surface area contributed by atoms with Crippen molar-refractivity contribution in [3.8, 4) is 11.5 Å². The van der Waals surface area contributed by atoms with Gasteiger partial charge in [-0.2, -0.15) is 0 Å². The predicted molar refractivity (Wildman–Crippen MR) is 139 cm³/mol. The van der Waals surface area contributed by atoms with Gasteiger partial charge in [0.25, 0.3) is 5.91 Å². The first-order valence-corrected chi connectivity index (χ1v) is 12.9. The Balaban J connectivity index is 1.13. The van der Waals surface area contributed by atoms with Crippen LogP contribution in [0.15, 0.2) is 66.3 Å². The zero-order valence-electron chi connectivity index (χ0n) is 18.6. The third kappa shape index (κ3) is 4.48. The van der Waals surface area contributed by atoms with Crippen LogP contribution in [-0.2, 0) is 11.2 Å². The lowest BCUT2D eigenvalue weighted by Gasteiger charge is -2.30. The maximum absolute atomic E-state index is 12.6. The number of pyridine rings is 1. The first-order chi connectivity index (χ1) is 17.1. The van der Waals surface area contributed by atoms with Crippen LogP contribution in [0.3, 0.4) is 0 Å². The molecule has 5 aromatic rings. The molecule has 0 bridgehead atoms. The Morgan fingerprint density at radius 1 is 1.00 bits per heavy atom. The number of carbonyl (C=O) groups is 2. The highest BCUT2D eigenvalue weighted by Gasteiger charge is 2.24. The molecule has 0 radical (unpaired) electrons. The Morgan fingerprint density at radius 3 is 2.66 bits per heavy atom. The number of nitrogens with zero attached hydrogens (tertiary/aromatic N) is 3. The number of aromatic nitrogens is 2. The average Bonchev–Trinajstić information content (AvgIpc) is 3.46. The summed E-state index contributed by atoms with van der Waals surface area (Å²) in [6.45, 7) is 1.63. The monoisotopic (exact) mass is 500 g/mol. The van der Waals surface area contributed by atoms with Crippen molar-refractivity contribution >= 4 is 60.6 Å². The van der Waals surface area contributed by atoms with E-state index in [9.17, 15) is 9.59 Å². The van der Waals surface area contributed by atoms with Crippen LogP contribution in [0.1, 0.15) is 21.7 Å². The number of benzene rings is 2. The SMILES string of the molecule is O=C(Cc1ccc(Oc2ccnc3cc(C(=O)N4CCC4)sc23)cc1)Nc1ccc2ncsc2c1. The van der Waals surface area contributed by atoms with Gasteiger partial charge in [-0.1, -0.05) is 12.1 Å². The number of hydrogen-bond acceptors (Lipinski definition) is 7.